The van der Waals surface area contributed by atoms with Crippen LogP contribution in [-0.4, -0.2) is 65.0 Å². The molecule has 3 rings (SSSR count). The summed E-state index contributed by atoms with van der Waals surface area (Å²) in [6.07, 6.45) is 2.26. The minimum absolute atomic E-state index is 0.117. The van der Waals surface area contributed by atoms with Gasteiger partial charge in [-0.25, -0.2) is 4.98 Å². The molecule has 0 aromatic carbocycles. The molecule has 0 unspecified atom stereocenters. The van der Waals surface area contributed by atoms with E-state index in [1.54, 1.807) is 11.3 Å². The highest BCUT2D eigenvalue weighted by Gasteiger charge is 2.41. The first-order valence-corrected chi connectivity index (χ1v) is 10.4. The van der Waals surface area contributed by atoms with E-state index in [-0.39, 0.29) is 11.8 Å². The van der Waals surface area contributed by atoms with Crippen LogP contribution < -0.4 is 0 Å². The van der Waals surface area contributed by atoms with E-state index in [2.05, 4.69) is 18.8 Å². The lowest BCUT2D eigenvalue weighted by Gasteiger charge is -2.40. The summed E-state index contributed by atoms with van der Waals surface area (Å²) in [4.78, 5) is 33.4. The summed E-state index contributed by atoms with van der Waals surface area (Å²) in [6.45, 7) is 9.56. The molecule has 0 aliphatic carbocycles. The number of piperidine rings is 1. The SMILES string of the molecule is Cc1nc(CC(=O)N2CCC3(CC2)CC(=O)N(CC(C)C)CCO3)cs1. The van der Waals surface area contributed by atoms with Crippen LogP contribution in [0.4, 0.5) is 0 Å². The van der Waals surface area contributed by atoms with Gasteiger partial charge in [0, 0.05) is 31.6 Å². The maximum Gasteiger partial charge on any atom is 0.228 e. The van der Waals surface area contributed by atoms with Crippen LogP contribution in [0.25, 0.3) is 0 Å². The second-order valence-corrected chi connectivity index (χ2v) is 8.92. The summed E-state index contributed by atoms with van der Waals surface area (Å²) >= 11 is 1.57. The zero-order chi connectivity index (χ0) is 18.7. The predicted octanol–water partition coefficient (Wildman–Crippen LogP) is 2.26. The molecule has 0 saturated carbocycles. The average molecular weight is 380 g/mol. The summed E-state index contributed by atoms with van der Waals surface area (Å²) in [6, 6.07) is 0. The lowest BCUT2D eigenvalue weighted by atomic mass is 9.87. The molecule has 7 heteroatoms. The first kappa shape index (κ1) is 19.3. The van der Waals surface area contributed by atoms with Crippen LogP contribution >= 0.6 is 11.3 Å². The highest BCUT2D eigenvalue weighted by Crippen LogP contribution is 2.32. The average Bonchev–Trinajstić information content (AvgIpc) is 2.92. The van der Waals surface area contributed by atoms with Crippen LogP contribution in [0.2, 0.25) is 0 Å². The third kappa shape index (κ3) is 4.62. The lowest BCUT2D eigenvalue weighted by molar-refractivity contribution is -0.141. The largest absolute Gasteiger partial charge is 0.372 e. The molecule has 2 fully saturated rings. The molecule has 2 amide bonds. The van der Waals surface area contributed by atoms with Gasteiger partial charge in [0.05, 0.1) is 35.8 Å². The van der Waals surface area contributed by atoms with Gasteiger partial charge < -0.3 is 14.5 Å². The number of aromatic nitrogens is 1. The van der Waals surface area contributed by atoms with Gasteiger partial charge in [0.15, 0.2) is 0 Å². The molecule has 3 heterocycles. The van der Waals surface area contributed by atoms with Crippen LogP contribution in [0.15, 0.2) is 5.38 Å². The van der Waals surface area contributed by atoms with E-state index in [0.29, 0.717) is 45.0 Å². The number of likely N-dealkylation sites (tertiary alicyclic amines) is 1. The number of ether oxygens (including phenoxy) is 1. The Morgan fingerprint density at radius 2 is 2.08 bits per heavy atom. The molecule has 26 heavy (non-hydrogen) atoms. The summed E-state index contributed by atoms with van der Waals surface area (Å²) in [5, 5.41) is 2.94. The molecule has 0 radical (unpaired) electrons. The molecular weight excluding hydrogens is 350 g/mol. The van der Waals surface area contributed by atoms with Crippen molar-refractivity contribution in [2.24, 2.45) is 5.92 Å². The maximum atomic E-state index is 12.6. The van der Waals surface area contributed by atoms with Crippen LogP contribution in [0.3, 0.4) is 0 Å². The van der Waals surface area contributed by atoms with Gasteiger partial charge in [0.2, 0.25) is 11.8 Å². The summed E-state index contributed by atoms with van der Waals surface area (Å²) in [5.74, 6) is 0.766. The Balaban J connectivity index is 1.55. The number of aryl methyl sites for hydroxylation is 1. The summed E-state index contributed by atoms with van der Waals surface area (Å²) < 4.78 is 6.15. The second kappa shape index (κ2) is 8.05. The van der Waals surface area contributed by atoms with E-state index in [0.717, 1.165) is 30.1 Å². The third-order valence-corrected chi connectivity index (χ3v) is 6.03. The van der Waals surface area contributed by atoms with Gasteiger partial charge in [-0.05, 0) is 25.7 Å². The van der Waals surface area contributed by atoms with Gasteiger partial charge in [-0.2, -0.15) is 0 Å². The number of carbonyl (C=O) groups is 2. The standard InChI is InChI=1S/C19H29N3O3S/c1-14(2)12-22-8-9-25-19(11-18(22)24)4-6-21(7-5-19)17(23)10-16-13-26-15(3)20-16/h13-14H,4-12H2,1-3H3. The first-order valence-electron chi connectivity index (χ1n) is 9.47. The van der Waals surface area contributed by atoms with Crippen LogP contribution in [0, 0.1) is 12.8 Å². The van der Waals surface area contributed by atoms with Crippen LogP contribution in [-0.2, 0) is 20.7 Å². The van der Waals surface area contributed by atoms with Crippen molar-refractivity contribution >= 4 is 23.2 Å². The molecular formula is C19H29N3O3S. The Morgan fingerprint density at radius 3 is 2.69 bits per heavy atom. The van der Waals surface area contributed by atoms with Crippen molar-refractivity contribution in [3.63, 3.8) is 0 Å². The molecule has 0 bridgehead atoms. The number of hydrogen-bond acceptors (Lipinski definition) is 5. The number of carbonyl (C=O) groups excluding carboxylic acids is 2. The number of thiazole rings is 1. The van der Waals surface area contributed by atoms with E-state index >= 15 is 0 Å². The molecule has 2 aliphatic heterocycles. The zero-order valence-corrected chi connectivity index (χ0v) is 16.8. The van der Waals surface area contributed by atoms with E-state index in [1.807, 2.05) is 22.1 Å². The Labute approximate surface area is 159 Å². The molecule has 1 spiro atoms. The Hall–Kier alpha value is -1.47. The summed E-state index contributed by atoms with van der Waals surface area (Å²) in [7, 11) is 0. The monoisotopic (exact) mass is 379 g/mol. The Bertz CT molecular complexity index is 650. The van der Waals surface area contributed by atoms with Crippen molar-refractivity contribution in [3.05, 3.63) is 16.1 Å². The zero-order valence-electron chi connectivity index (χ0n) is 16.0. The minimum Gasteiger partial charge on any atom is -0.372 e. The smallest absolute Gasteiger partial charge is 0.228 e. The first-order chi connectivity index (χ1) is 12.4. The van der Waals surface area contributed by atoms with E-state index in [4.69, 9.17) is 4.74 Å². The maximum absolute atomic E-state index is 12.6. The normalized spacial score (nSPS) is 20.7. The highest BCUT2D eigenvalue weighted by atomic mass is 32.1. The lowest BCUT2D eigenvalue weighted by Crippen LogP contribution is -2.49. The van der Waals surface area contributed by atoms with Gasteiger partial charge in [0.1, 0.15) is 0 Å². The van der Waals surface area contributed by atoms with Crippen LogP contribution in [0.5, 0.6) is 0 Å². The highest BCUT2D eigenvalue weighted by molar-refractivity contribution is 7.09. The minimum atomic E-state index is -0.392. The van der Waals surface area contributed by atoms with E-state index in [1.165, 1.54) is 0 Å². The number of hydrogen-bond donors (Lipinski definition) is 0. The van der Waals surface area contributed by atoms with Crippen molar-refractivity contribution in [3.8, 4) is 0 Å². The number of nitrogens with zero attached hydrogens (tertiary/aromatic N) is 3. The molecule has 0 N–H and O–H groups in total. The van der Waals surface area contributed by atoms with Gasteiger partial charge in [-0.1, -0.05) is 13.8 Å². The fourth-order valence-electron chi connectivity index (χ4n) is 3.81. The Morgan fingerprint density at radius 1 is 1.35 bits per heavy atom. The quantitative estimate of drug-likeness (QED) is 0.805. The van der Waals surface area contributed by atoms with Crippen molar-refractivity contribution < 1.29 is 14.3 Å². The third-order valence-electron chi connectivity index (χ3n) is 5.21. The fourth-order valence-corrected chi connectivity index (χ4v) is 4.42. The molecule has 1 aromatic heterocycles. The molecule has 144 valence electrons. The van der Waals surface area contributed by atoms with Gasteiger partial charge >= 0.3 is 0 Å². The predicted molar refractivity (Wildman–Crippen MR) is 101 cm³/mol. The van der Waals surface area contributed by atoms with Crippen LogP contribution in [0.1, 0.15) is 43.8 Å². The number of amides is 2. The Kier molecular flexibility index (Phi) is 5.97. The molecule has 0 atom stereocenters. The molecule has 2 aliphatic rings. The molecule has 6 nitrogen and oxygen atoms in total. The van der Waals surface area contributed by atoms with E-state index in [9.17, 15) is 9.59 Å². The van der Waals surface area contributed by atoms with Crippen molar-refractivity contribution in [2.45, 2.75) is 52.1 Å². The molecule has 1 aromatic rings. The van der Waals surface area contributed by atoms with Gasteiger partial charge in [-0.15, -0.1) is 11.3 Å². The van der Waals surface area contributed by atoms with E-state index < -0.39 is 5.60 Å². The molecule has 2 saturated heterocycles. The van der Waals surface area contributed by atoms with Crippen molar-refractivity contribution in [1.29, 1.82) is 0 Å². The second-order valence-electron chi connectivity index (χ2n) is 7.86. The van der Waals surface area contributed by atoms with Gasteiger partial charge in [-0.3, -0.25) is 9.59 Å². The van der Waals surface area contributed by atoms with Crippen molar-refractivity contribution in [2.75, 3.05) is 32.8 Å². The number of rotatable bonds is 4. The van der Waals surface area contributed by atoms with Crippen molar-refractivity contribution in [1.82, 2.24) is 14.8 Å². The topological polar surface area (TPSA) is 62.7 Å². The van der Waals surface area contributed by atoms with Gasteiger partial charge in [0.25, 0.3) is 0 Å². The fraction of sp³-hybridized carbons (Fsp3) is 0.737. The summed E-state index contributed by atoms with van der Waals surface area (Å²) in [5.41, 5.74) is 0.458.